The van der Waals surface area contributed by atoms with E-state index in [2.05, 4.69) is 47.9 Å². The molecule has 1 aromatic carbocycles. The van der Waals surface area contributed by atoms with Crippen molar-refractivity contribution in [2.45, 2.75) is 32.9 Å². The maximum absolute atomic E-state index is 5.63. The van der Waals surface area contributed by atoms with Crippen molar-refractivity contribution in [2.75, 3.05) is 39.3 Å². The number of benzene rings is 1. The summed E-state index contributed by atoms with van der Waals surface area (Å²) >= 11 is 0. The predicted molar refractivity (Wildman–Crippen MR) is 87.6 cm³/mol. The smallest absolute Gasteiger partial charge is 0.119 e. The van der Waals surface area contributed by atoms with Crippen LogP contribution in [-0.2, 0) is 6.54 Å². The van der Waals surface area contributed by atoms with Gasteiger partial charge in [0.15, 0.2) is 0 Å². The lowest BCUT2D eigenvalue weighted by Crippen LogP contribution is -2.48. The minimum atomic E-state index is 0.664. The molecule has 1 saturated heterocycles. The van der Waals surface area contributed by atoms with Crippen molar-refractivity contribution in [3.8, 4) is 5.75 Å². The molecule has 0 bridgehead atoms. The van der Waals surface area contributed by atoms with Gasteiger partial charge in [-0.05, 0) is 44.5 Å². The first-order valence-electron chi connectivity index (χ1n) is 8.07. The molecule has 0 unspecified atom stereocenters. The molecule has 21 heavy (non-hydrogen) atoms. The number of hydrogen-bond donors (Lipinski definition) is 1. The van der Waals surface area contributed by atoms with Crippen molar-refractivity contribution in [1.82, 2.24) is 9.80 Å². The number of nitrogens with zero attached hydrogens (tertiary/aromatic N) is 2. The molecular weight excluding hydrogens is 262 g/mol. The summed E-state index contributed by atoms with van der Waals surface area (Å²) in [6.45, 7) is 11.6. The van der Waals surface area contributed by atoms with E-state index in [9.17, 15) is 0 Å². The molecule has 1 aromatic rings. The molecule has 0 atom stereocenters. The Morgan fingerprint density at radius 1 is 1.10 bits per heavy atom. The fourth-order valence-electron chi connectivity index (χ4n) is 2.66. The van der Waals surface area contributed by atoms with Crippen LogP contribution in [0.1, 0.15) is 25.8 Å². The summed E-state index contributed by atoms with van der Waals surface area (Å²) in [6, 6.07) is 9.14. The van der Waals surface area contributed by atoms with Crippen molar-refractivity contribution in [3.05, 3.63) is 29.8 Å². The van der Waals surface area contributed by atoms with Crippen LogP contribution in [0.25, 0.3) is 0 Å². The average Bonchev–Trinajstić information content (AvgIpc) is 2.50. The van der Waals surface area contributed by atoms with Gasteiger partial charge in [-0.1, -0.05) is 12.1 Å². The van der Waals surface area contributed by atoms with Crippen molar-refractivity contribution in [1.29, 1.82) is 0 Å². The molecule has 4 nitrogen and oxygen atoms in total. The Hall–Kier alpha value is -1.10. The second kappa shape index (κ2) is 8.37. The van der Waals surface area contributed by atoms with Crippen LogP contribution in [-0.4, -0.2) is 55.2 Å². The lowest BCUT2D eigenvalue weighted by Gasteiger charge is -2.36. The van der Waals surface area contributed by atoms with Gasteiger partial charge in [-0.15, -0.1) is 0 Å². The normalized spacial score (nSPS) is 17.3. The average molecular weight is 291 g/mol. The van der Waals surface area contributed by atoms with Gasteiger partial charge in [0, 0.05) is 38.8 Å². The molecule has 118 valence electrons. The van der Waals surface area contributed by atoms with Crippen molar-refractivity contribution in [2.24, 2.45) is 5.73 Å². The van der Waals surface area contributed by atoms with Crippen LogP contribution in [0.3, 0.4) is 0 Å². The van der Waals surface area contributed by atoms with E-state index in [1.54, 1.807) is 0 Å². The molecule has 0 amide bonds. The van der Waals surface area contributed by atoms with Crippen molar-refractivity contribution in [3.63, 3.8) is 0 Å². The zero-order valence-corrected chi connectivity index (χ0v) is 13.4. The second-order valence-corrected chi connectivity index (χ2v) is 6.04. The molecule has 1 heterocycles. The van der Waals surface area contributed by atoms with Gasteiger partial charge in [-0.2, -0.15) is 0 Å². The summed E-state index contributed by atoms with van der Waals surface area (Å²) in [5, 5.41) is 0. The van der Waals surface area contributed by atoms with E-state index in [1.807, 2.05) is 0 Å². The molecular formula is C17H29N3O. The number of rotatable bonds is 7. The topological polar surface area (TPSA) is 41.7 Å². The second-order valence-electron chi connectivity index (χ2n) is 6.04. The molecule has 2 N–H and O–H groups in total. The van der Waals surface area contributed by atoms with E-state index in [0.29, 0.717) is 19.2 Å². The van der Waals surface area contributed by atoms with Gasteiger partial charge in [-0.25, -0.2) is 0 Å². The third-order valence-corrected chi connectivity index (χ3v) is 4.08. The van der Waals surface area contributed by atoms with E-state index in [-0.39, 0.29) is 0 Å². The molecule has 2 rings (SSSR count). The molecule has 0 radical (unpaired) electrons. The quantitative estimate of drug-likeness (QED) is 0.780. The Bertz CT molecular complexity index is 397. The lowest BCUT2D eigenvalue weighted by molar-refractivity contribution is 0.104. The first kappa shape index (κ1) is 16.3. The van der Waals surface area contributed by atoms with Gasteiger partial charge in [0.25, 0.3) is 0 Å². The van der Waals surface area contributed by atoms with Crippen LogP contribution in [0.15, 0.2) is 24.3 Å². The number of piperazine rings is 1. The Balaban J connectivity index is 1.76. The highest BCUT2D eigenvalue weighted by Gasteiger charge is 2.18. The van der Waals surface area contributed by atoms with Crippen LogP contribution in [0.4, 0.5) is 0 Å². The van der Waals surface area contributed by atoms with E-state index >= 15 is 0 Å². The fraction of sp³-hybridized carbons (Fsp3) is 0.647. The van der Waals surface area contributed by atoms with Crippen LogP contribution in [0.5, 0.6) is 5.75 Å². The van der Waals surface area contributed by atoms with Gasteiger partial charge in [-0.3, -0.25) is 9.80 Å². The maximum Gasteiger partial charge on any atom is 0.119 e. The molecule has 0 aromatic heterocycles. The number of hydrogen-bond acceptors (Lipinski definition) is 4. The Labute approximate surface area is 128 Å². The fourth-order valence-corrected chi connectivity index (χ4v) is 2.66. The largest absolute Gasteiger partial charge is 0.494 e. The monoisotopic (exact) mass is 291 g/mol. The molecule has 0 saturated carbocycles. The summed E-state index contributed by atoms with van der Waals surface area (Å²) in [6.07, 6.45) is 0.905. The standard InChI is InChI=1S/C17H29N3O/c1-15(2)20-11-9-19(10-12-20)14-16-4-6-17(7-5-16)21-13-3-8-18/h4-7,15H,3,8-14,18H2,1-2H3. The van der Waals surface area contributed by atoms with E-state index in [4.69, 9.17) is 10.5 Å². The van der Waals surface area contributed by atoms with E-state index in [0.717, 1.165) is 31.8 Å². The van der Waals surface area contributed by atoms with Crippen LogP contribution in [0, 0.1) is 0 Å². The first-order chi connectivity index (χ1) is 10.2. The van der Waals surface area contributed by atoms with Crippen molar-refractivity contribution >= 4 is 0 Å². The predicted octanol–water partition coefficient (Wildman–Crippen LogP) is 1.94. The Kier molecular flexibility index (Phi) is 6.49. The molecule has 0 spiro atoms. The number of nitrogens with two attached hydrogens (primary N) is 1. The highest BCUT2D eigenvalue weighted by molar-refractivity contribution is 5.27. The minimum absolute atomic E-state index is 0.664. The summed E-state index contributed by atoms with van der Waals surface area (Å²) in [5.41, 5.74) is 6.82. The van der Waals surface area contributed by atoms with Crippen LogP contribution >= 0.6 is 0 Å². The van der Waals surface area contributed by atoms with Gasteiger partial charge >= 0.3 is 0 Å². The Morgan fingerprint density at radius 2 is 1.76 bits per heavy atom. The van der Waals surface area contributed by atoms with E-state index < -0.39 is 0 Å². The molecule has 1 fully saturated rings. The molecule has 1 aliphatic rings. The van der Waals surface area contributed by atoms with Crippen molar-refractivity contribution < 1.29 is 4.74 Å². The van der Waals surface area contributed by atoms with E-state index in [1.165, 1.54) is 18.7 Å². The maximum atomic E-state index is 5.63. The highest BCUT2D eigenvalue weighted by atomic mass is 16.5. The molecule has 1 aliphatic heterocycles. The minimum Gasteiger partial charge on any atom is -0.494 e. The third-order valence-electron chi connectivity index (χ3n) is 4.08. The summed E-state index contributed by atoms with van der Waals surface area (Å²) in [4.78, 5) is 5.08. The van der Waals surface area contributed by atoms with Gasteiger partial charge < -0.3 is 10.5 Å². The van der Waals surface area contributed by atoms with Crippen LogP contribution in [0.2, 0.25) is 0 Å². The Morgan fingerprint density at radius 3 is 2.33 bits per heavy atom. The lowest BCUT2D eigenvalue weighted by atomic mass is 10.2. The zero-order chi connectivity index (χ0) is 15.1. The number of ether oxygens (including phenoxy) is 1. The zero-order valence-electron chi connectivity index (χ0n) is 13.4. The summed E-state index contributed by atoms with van der Waals surface area (Å²) in [7, 11) is 0. The summed E-state index contributed by atoms with van der Waals surface area (Å²) < 4.78 is 5.63. The third kappa shape index (κ3) is 5.30. The van der Waals surface area contributed by atoms with Gasteiger partial charge in [0.1, 0.15) is 5.75 Å². The summed E-state index contributed by atoms with van der Waals surface area (Å²) in [5.74, 6) is 0.942. The SMILES string of the molecule is CC(C)N1CCN(Cc2ccc(OCCCN)cc2)CC1. The van der Waals surface area contributed by atoms with Gasteiger partial charge in [0.05, 0.1) is 6.61 Å². The van der Waals surface area contributed by atoms with Gasteiger partial charge in [0.2, 0.25) is 0 Å². The molecule has 0 aliphatic carbocycles. The molecule has 4 heteroatoms. The first-order valence-corrected chi connectivity index (χ1v) is 8.07. The highest BCUT2D eigenvalue weighted by Crippen LogP contribution is 2.15. The van der Waals surface area contributed by atoms with Crippen LogP contribution < -0.4 is 10.5 Å².